The lowest BCUT2D eigenvalue weighted by atomic mass is 9.97. The number of rotatable bonds is 1. The van der Waals surface area contributed by atoms with Gasteiger partial charge in [0.25, 0.3) is 5.91 Å². The smallest absolute Gasteiger partial charge is 0.417 e. The molecule has 0 unspecified atom stereocenters. The Kier molecular flexibility index (Phi) is 7.98. The van der Waals surface area contributed by atoms with Gasteiger partial charge in [-0.15, -0.1) is 0 Å². The molecule has 1 heterocycles. The quantitative estimate of drug-likeness (QED) is 0.455. The molecule has 1 aliphatic rings. The van der Waals surface area contributed by atoms with Crippen LogP contribution in [-0.4, -0.2) is 52.1 Å². The Morgan fingerprint density at radius 2 is 1.66 bits per heavy atom. The summed E-state index contributed by atoms with van der Waals surface area (Å²) in [6.07, 6.45) is -3.81. The van der Waals surface area contributed by atoms with Gasteiger partial charge in [0.2, 0.25) is 0 Å². The zero-order valence-electron chi connectivity index (χ0n) is 16.6. The number of hydrogen-bond donors (Lipinski definition) is 3. The van der Waals surface area contributed by atoms with Crippen molar-refractivity contribution in [3.63, 3.8) is 0 Å². The van der Waals surface area contributed by atoms with Crippen LogP contribution in [0.1, 0.15) is 17.5 Å². The normalized spacial score (nSPS) is 15.1. The summed E-state index contributed by atoms with van der Waals surface area (Å²) in [4.78, 5) is 31.7. The number of carboxylic acids is 2. The summed E-state index contributed by atoms with van der Waals surface area (Å²) >= 11 is 0. The average molecular weight is 448 g/mol. The second-order valence-electron chi connectivity index (χ2n) is 6.78. The molecule has 0 bridgehead atoms. The maximum absolute atomic E-state index is 13.5. The number of aliphatic carboxylic acids is 2. The van der Waals surface area contributed by atoms with Crippen LogP contribution in [0.25, 0.3) is 11.1 Å². The van der Waals surface area contributed by atoms with Crippen molar-refractivity contribution in [2.45, 2.75) is 18.6 Å². The van der Waals surface area contributed by atoms with Crippen molar-refractivity contribution in [3.05, 3.63) is 59.7 Å². The highest BCUT2D eigenvalue weighted by Gasteiger charge is 2.34. The van der Waals surface area contributed by atoms with Crippen molar-refractivity contribution < 1.29 is 37.8 Å². The predicted octanol–water partition coefficient (Wildman–Crippen LogP) is 2.44. The van der Waals surface area contributed by atoms with Crippen molar-refractivity contribution in [2.24, 2.45) is 5.73 Å². The Morgan fingerprint density at radius 3 is 2.16 bits per heavy atom. The van der Waals surface area contributed by atoms with E-state index in [1.54, 1.807) is 30.3 Å². The van der Waals surface area contributed by atoms with E-state index in [0.29, 0.717) is 25.1 Å². The van der Waals surface area contributed by atoms with E-state index in [1.807, 2.05) is 0 Å². The first-order chi connectivity index (χ1) is 15.0. The molecule has 1 aliphatic heterocycles. The van der Waals surface area contributed by atoms with E-state index in [2.05, 4.69) is 11.8 Å². The summed E-state index contributed by atoms with van der Waals surface area (Å²) in [5, 5.41) is 14.8. The molecule has 0 spiro atoms. The van der Waals surface area contributed by atoms with Crippen LogP contribution >= 0.6 is 0 Å². The van der Waals surface area contributed by atoms with Gasteiger partial charge in [0.1, 0.15) is 0 Å². The van der Waals surface area contributed by atoms with Crippen LogP contribution in [0.3, 0.4) is 0 Å². The van der Waals surface area contributed by atoms with Gasteiger partial charge < -0.3 is 20.8 Å². The fraction of sp³-hybridized carbons (Fsp3) is 0.227. The van der Waals surface area contributed by atoms with Crippen LogP contribution in [-0.2, 0) is 20.6 Å². The van der Waals surface area contributed by atoms with E-state index in [0.717, 1.165) is 6.07 Å². The number of carbonyl (C=O) groups is 3. The lowest BCUT2D eigenvalue weighted by molar-refractivity contribution is -0.159. The number of alkyl halides is 3. The Morgan fingerprint density at radius 1 is 1.03 bits per heavy atom. The Labute approximate surface area is 181 Å². The molecule has 168 valence electrons. The Hall–Kier alpha value is -3.84. The number of nitrogens with zero attached hydrogens (tertiary/aromatic N) is 1. The molecule has 2 aromatic carbocycles. The average Bonchev–Trinajstić information content (AvgIpc) is 3.18. The molecule has 1 saturated heterocycles. The number of likely N-dealkylation sites (tertiary alicyclic amines) is 1. The number of halogens is 3. The fourth-order valence-electron chi connectivity index (χ4n) is 2.90. The highest BCUT2D eigenvalue weighted by Crippen LogP contribution is 2.37. The largest absolute Gasteiger partial charge is 0.473 e. The summed E-state index contributed by atoms with van der Waals surface area (Å²) in [6, 6.07) is 12.1. The first-order valence-corrected chi connectivity index (χ1v) is 9.28. The number of amides is 1. The van der Waals surface area contributed by atoms with E-state index >= 15 is 0 Å². The first-order valence-electron chi connectivity index (χ1n) is 9.28. The van der Waals surface area contributed by atoms with Crippen LogP contribution in [0, 0.1) is 11.8 Å². The predicted molar refractivity (Wildman–Crippen MR) is 108 cm³/mol. The molecule has 1 amide bonds. The summed E-state index contributed by atoms with van der Waals surface area (Å²) in [5.41, 5.74) is 5.68. The molecule has 3 rings (SSSR count). The van der Waals surface area contributed by atoms with E-state index in [9.17, 15) is 18.0 Å². The maximum atomic E-state index is 13.5. The van der Waals surface area contributed by atoms with E-state index < -0.39 is 29.6 Å². The monoisotopic (exact) mass is 448 g/mol. The molecule has 0 saturated carbocycles. The van der Waals surface area contributed by atoms with Crippen LogP contribution in [0.4, 0.5) is 13.2 Å². The number of nitrogens with two attached hydrogens (primary N) is 1. The lowest BCUT2D eigenvalue weighted by Gasteiger charge is -2.13. The third-order valence-corrected chi connectivity index (χ3v) is 4.42. The van der Waals surface area contributed by atoms with Crippen molar-refractivity contribution in [3.8, 4) is 23.0 Å². The molecule has 0 aliphatic carbocycles. The molecular weight excluding hydrogens is 429 g/mol. The minimum absolute atomic E-state index is 0.0669. The van der Waals surface area contributed by atoms with Gasteiger partial charge in [-0.05, 0) is 29.7 Å². The van der Waals surface area contributed by atoms with E-state index in [-0.39, 0.29) is 17.2 Å². The lowest BCUT2D eigenvalue weighted by Crippen LogP contribution is -2.30. The van der Waals surface area contributed by atoms with Crippen LogP contribution in [0.5, 0.6) is 0 Å². The Bertz CT molecular complexity index is 1050. The molecule has 0 aromatic heterocycles. The van der Waals surface area contributed by atoms with E-state index in [1.165, 1.54) is 17.0 Å². The van der Waals surface area contributed by atoms with Crippen molar-refractivity contribution in [1.82, 2.24) is 4.90 Å². The SMILES string of the molecule is N[C@H]1CCN(C(=O)C#Cc2ccc(-c3ccccc3)c(C(F)(F)F)c2)C1.O=C(O)C(=O)O. The minimum Gasteiger partial charge on any atom is -0.473 e. The number of benzene rings is 2. The van der Waals surface area contributed by atoms with Gasteiger partial charge in [0, 0.05) is 30.6 Å². The Balaban J connectivity index is 0.000000534. The molecule has 1 fully saturated rings. The molecule has 2 aromatic rings. The topological polar surface area (TPSA) is 121 Å². The zero-order valence-corrected chi connectivity index (χ0v) is 16.6. The van der Waals surface area contributed by atoms with Gasteiger partial charge in [-0.1, -0.05) is 42.3 Å². The second kappa shape index (κ2) is 10.5. The van der Waals surface area contributed by atoms with Gasteiger partial charge in [-0.2, -0.15) is 13.2 Å². The third-order valence-electron chi connectivity index (χ3n) is 4.42. The van der Waals surface area contributed by atoms with Crippen molar-refractivity contribution in [1.29, 1.82) is 0 Å². The van der Waals surface area contributed by atoms with Crippen LogP contribution < -0.4 is 5.73 Å². The summed E-state index contributed by atoms with van der Waals surface area (Å²) in [6.45, 7) is 0.948. The maximum Gasteiger partial charge on any atom is 0.417 e. The first kappa shape index (κ1) is 24.4. The molecule has 0 radical (unpaired) electrons. The molecule has 4 N–H and O–H groups in total. The van der Waals surface area contributed by atoms with E-state index in [4.69, 9.17) is 25.5 Å². The highest BCUT2D eigenvalue weighted by atomic mass is 19.4. The van der Waals surface area contributed by atoms with Crippen LogP contribution in [0.2, 0.25) is 0 Å². The standard InChI is InChI=1S/C20H17F3N2O.C2H2O4/c21-20(22,23)18-12-14(6-8-17(18)15-4-2-1-3-5-15)7-9-19(26)25-11-10-16(24)13-25;3-1(4)2(5)6/h1-6,8,12,16H,10-11,13,24H2;(H,3,4)(H,5,6)/t16-;/m0./s1. The molecular formula is C22H19F3N2O5. The van der Waals surface area contributed by atoms with Gasteiger partial charge in [-0.3, -0.25) is 4.79 Å². The van der Waals surface area contributed by atoms with Crippen LogP contribution in [0.15, 0.2) is 48.5 Å². The highest BCUT2D eigenvalue weighted by molar-refractivity contribution is 6.27. The molecule has 1 atom stereocenters. The zero-order chi connectivity index (χ0) is 23.9. The van der Waals surface area contributed by atoms with Gasteiger partial charge >= 0.3 is 18.1 Å². The summed E-state index contributed by atoms with van der Waals surface area (Å²) in [5.74, 6) is 0.893. The van der Waals surface area contributed by atoms with Gasteiger partial charge in [0.05, 0.1) is 5.56 Å². The van der Waals surface area contributed by atoms with Gasteiger partial charge in [-0.25, -0.2) is 9.59 Å². The molecule has 32 heavy (non-hydrogen) atoms. The summed E-state index contributed by atoms with van der Waals surface area (Å²) in [7, 11) is 0. The molecule has 10 heteroatoms. The third kappa shape index (κ3) is 6.85. The number of hydrogen-bond acceptors (Lipinski definition) is 4. The number of carboxylic acid groups (broad SMARTS) is 2. The van der Waals surface area contributed by atoms with Crippen molar-refractivity contribution >= 4 is 17.8 Å². The van der Waals surface area contributed by atoms with Gasteiger partial charge in [0.15, 0.2) is 0 Å². The fourth-order valence-corrected chi connectivity index (χ4v) is 2.90. The second-order valence-corrected chi connectivity index (χ2v) is 6.78. The van der Waals surface area contributed by atoms with Crippen molar-refractivity contribution in [2.75, 3.05) is 13.1 Å². The molecule has 7 nitrogen and oxygen atoms in total. The minimum atomic E-state index is -4.52. The number of carbonyl (C=O) groups excluding carboxylic acids is 1. The summed E-state index contributed by atoms with van der Waals surface area (Å²) < 4.78 is 40.4.